The van der Waals surface area contributed by atoms with Gasteiger partial charge < -0.3 is 15.1 Å². The average molecular weight is 1250 g/mol. The maximum atomic E-state index is 13.7. The molecule has 7 aromatic rings. The molecule has 75 heavy (non-hydrogen) atoms. The molecule has 18 nitrogen and oxygen atoms in total. The fourth-order valence-corrected chi connectivity index (χ4v) is 14.1. The van der Waals surface area contributed by atoms with E-state index in [-0.39, 0.29) is 92.8 Å². The van der Waals surface area contributed by atoms with Crippen LogP contribution in [0.4, 0.5) is 0 Å². The van der Waals surface area contributed by atoms with Gasteiger partial charge in [-0.05, 0) is 91.0 Å². The number of fused-ring (bicyclic) bond motifs is 8. The highest BCUT2D eigenvalue weighted by Gasteiger charge is 2.32. The Hall–Kier alpha value is -5.09. The second-order valence-corrected chi connectivity index (χ2v) is 24.5. The second kappa shape index (κ2) is 19.4. The number of nitrogens with zero attached hydrogens (tertiary/aromatic N) is 2. The van der Waals surface area contributed by atoms with Crippen LogP contribution in [0.25, 0.3) is 90.9 Å². The Labute approximate surface area is 462 Å². The lowest BCUT2D eigenvalue weighted by molar-refractivity contribution is 0.0698. The number of carbonyl (C=O) groups is 1. The van der Waals surface area contributed by atoms with E-state index in [1.165, 1.54) is 36.4 Å². The summed E-state index contributed by atoms with van der Waals surface area (Å²) in [5, 5.41) is 7.17. The minimum Gasteiger partial charge on any atom is -0.478 e. The molecule has 2 aliphatic rings. The summed E-state index contributed by atoms with van der Waals surface area (Å²) in [5.74, 6) is -1.68. The molecule has 30 heteroatoms. The Morgan fingerprint density at radius 1 is 0.400 bits per heavy atom. The maximum Gasteiger partial charge on any atom is 0.340 e. The third-order valence-electron chi connectivity index (χ3n) is 11.4. The minimum atomic E-state index is -5.18. The summed E-state index contributed by atoms with van der Waals surface area (Å²) in [6.45, 7) is 0. The molecule has 7 N–H and O–H groups in total. The van der Waals surface area contributed by atoms with E-state index in [2.05, 4.69) is 15.0 Å². The average Bonchev–Trinajstić information content (AvgIpc) is 4.12. The van der Waals surface area contributed by atoms with Gasteiger partial charge in [-0.3, -0.25) is 18.2 Å². The lowest BCUT2D eigenvalue weighted by Gasteiger charge is -2.14. The van der Waals surface area contributed by atoms with Crippen molar-refractivity contribution in [2.24, 2.45) is 0 Å². The van der Waals surface area contributed by atoms with Crippen LogP contribution in [0.2, 0.25) is 40.2 Å². The van der Waals surface area contributed by atoms with Gasteiger partial charge in [-0.25, -0.2) is 14.8 Å². The van der Waals surface area contributed by atoms with Crippen molar-refractivity contribution in [1.29, 1.82) is 0 Å². The van der Waals surface area contributed by atoms with Crippen molar-refractivity contribution in [2.75, 3.05) is 0 Å². The first-order valence-corrected chi connectivity index (χ1v) is 29.0. The van der Waals surface area contributed by atoms with Crippen LogP contribution >= 0.6 is 92.8 Å². The molecular formula is C45H22Cl8N4O14S4. The van der Waals surface area contributed by atoms with E-state index in [1.807, 2.05) is 0 Å². The van der Waals surface area contributed by atoms with Crippen LogP contribution in [0.15, 0.2) is 86.3 Å². The fraction of sp³-hybridized carbons (Fsp3) is 0. The number of aromatic nitrogens is 4. The molecule has 3 aromatic heterocycles. The number of aromatic carboxylic acids is 1. The van der Waals surface area contributed by atoms with Crippen LogP contribution in [-0.2, 0) is 40.5 Å². The van der Waals surface area contributed by atoms with Crippen LogP contribution in [-0.4, -0.2) is 82.9 Å². The first kappa shape index (κ1) is 54.7. The zero-order chi connectivity index (χ0) is 54.8. The number of hydrogen-bond acceptors (Lipinski definition) is 11. The fourth-order valence-electron chi connectivity index (χ4n) is 8.36. The summed E-state index contributed by atoms with van der Waals surface area (Å²) in [4.78, 5) is 25.8. The molecule has 0 radical (unpaired) electrons. The zero-order valence-corrected chi connectivity index (χ0v) is 45.4. The second-order valence-electron chi connectivity index (χ2n) is 15.8. The minimum absolute atomic E-state index is 0.0299. The highest BCUT2D eigenvalue weighted by Crippen LogP contribution is 2.50. The monoisotopic (exact) mass is 1250 g/mol. The molecule has 9 rings (SSSR count). The Balaban J connectivity index is 1.64. The lowest BCUT2D eigenvalue weighted by atomic mass is 9.98. The van der Waals surface area contributed by atoms with Crippen molar-refractivity contribution < 1.29 is 61.8 Å². The van der Waals surface area contributed by atoms with Crippen molar-refractivity contribution >= 4 is 186 Å². The summed E-state index contributed by atoms with van der Waals surface area (Å²) in [5.41, 5.74) is -4.88. The number of hydrogen-bond donors (Lipinski definition) is 7. The molecule has 2 aliphatic heterocycles. The summed E-state index contributed by atoms with van der Waals surface area (Å²) < 4.78 is 143. The molecular weight excluding hydrogens is 1230 g/mol. The Bertz CT molecular complexity index is 4510. The maximum absolute atomic E-state index is 13.7. The number of carboxylic acid groups (broad SMARTS) is 1. The molecule has 0 spiro atoms. The molecule has 0 unspecified atom stereocenters. The van der Waals surface area contributed by atoms with E-state index in [1.54, 1.807) is 0 Å². The quantitative estimate of drug-likeness (QED) is 0.0661. The molecule has 0 amide bonds. The largest absolute Gasteiger partial charge is 0.478 e. The highest BCUT2D eigenvalue weighted by atomic mass is 35.5. The van der Waals surface area contributed by atoms with Crippen molar-refractivity contribution in [3.63, 3.8) is 0 Å². The number of halogens is 8. The lowest BCUT2D eigenvalue weighted by Crippen LogP contribution is -2.02. The molecule has 5 heterocycles. The molecule has 0 atom stereocenters. The number of H-pyrrole nitrogens is 2. The van der Waals surface area contributed by atoms with E-state index >= 15 is 0 Å². The zero-order valence-electron chi connectivity index (χ0n) is 36.1. The standard InChI is InChI=1S/C45H22Cl8N4O14S4/c46-17-1-11-28(72(60,61)62)40(50)32(17)16-15-27-38(45(58)59)25-9-7-23(55-25)36(33-18(47)2-12-29(41(33)51)73(63,64)65)21-5-6-22(54-21)37(34-19(48)3-13-30(42(34)52)74(66,67)68)24-8-10-26(56-24)39(44(16)57-27)35-20(49)4-14-31(43(35)53)75(69,70)71/h1-15,54,57H,(H,58,59)(H,60,61,62)(H,63,64,65)(H,66,67,68)(H,69,70,71). The molecule has 0 aliphatic carbocycles. The number of carboxylic acids is 1. The van der Waals surface area contributed by atoms with Crippen LogP contribution in [0.5, 0.6) is 0 Å². The van der Waals surface area contributed by atoms with Gasteiger partial charge in [0.15, 0.2) is 0 Å². The third-order valence-corrected chi connectivity index (χ3v) is 18.3. The van der Waals surface area contributed by atoms with Crippen LogP contribution in [0.3, 0.4) is 0 Å². The van der Waals surface area contributed by atoms with E-state index in [9.17, 15) is 61.8 Å². The van der Waals surface area contributed by atoms with Gasteiger partial charge in [0.2, 0.25) is 0 Å². The van der Waals surface area contributed by atoms with Crippen LogP contribution in [0.1, 0.15) is 33.1 Å². The molecule has 386 valence electrons. The number of aromatic amines is 2. The SMILES string of the molecule is O=C(O)c1c2nc(c(-c3c(Cl)ccc(S(=O)(=O)O)c3Cl)c3ccc([nH]3)c(-c3c(Cl)ccc(S(=O)(=O)O)c3Cl)c3nc(c(-c4c(Cl)ccc(S(=O)(=O)O)c4Cl)c4[nH]c1cc4-c1c(Cl)ccc(S(=O)(=O)O)c1Cl)C=C3)C=C2. The van der Waals surface area contributed by atoms with Gasteiger partial charge >= 0.3 is 5.97 Å². The number of benzene rings is 4. The van der Waals surface area contributed by atoms with E-state index in [0.717, 1.165) is 54.6 Å². The summed E-state index contributed by atoms with van der Waals surface area (Å²) in [7, 11) is -20.5. The summed E-state index contributed by atoms with van der Waals surface area (Å²) in [6.07, 6.45) is 5.08. The predicted molar refractivity (Wildman–Crippen MR) is 287 cm³/mol. The summed E-state index contributed by atoms with van der Waals surface area (Å²) in [6, 6.07) is 11.7. The molecule has 0 saturated heterocycles. The van der Waals surface area contributed by atoms with E-state index in [0.29, 0.717) is 0 Å². The number of nitrogens with one attached hydrogen (secondary N) is 2. The van der Waals surface area contributed by atoms with Gasteiger partial charge in [0.05, 0.1) is 74.0 Å². The van der Waals surface area contributed by atoms with Gasteiger partial charge in [-0.1, -0.05) is 92.8 Å². The summed E-state index contributed by atoms with van der Waals surface area (Å²) >= 11 is 54.6. The Morgan fingerprint density at radius 2 is 0.720 bits per heavy atom. The van der Waals surface area contributed by atoms with Crippen molar-refractivity contribution in [3.05, 3.63) is 135 Å². The Morgan fingerprint density at radius 3 is 1.09 bits per heavy atom. The van der Waals surface area contributed by atoms with Gasteiger partial charge in [-0.2, -0.15) is 33.7 Å². The van der Waals surface area contributed by atoms with E-state index < -0.39 is 108 Å². The molecule has 8 bridgehead atoms. The Kier molecular flexibility index (Phi) is 14.2. The highest BCUT2D eigenvalue weighted by molar-refractivity contribution is 7.86. The first-order valence-electron chi connectivity index (χ1n) is 20.2. The van der Waals surface area contributed by atoms with Gasteiger partial charge in [0, 0.05) is 55.5 Å². The van der Waals surface area contributed by atoms with Crippen LogP contribution in [0, 0.1) is 0 Å². The smallest absolute Gasteiger partial charge is 0.340 e. The normalized spacial score (nSPS) is 13.0. The van der Waals surface area contributed by atoms with Gasteiger partial charge in [-0.15, -0.1) is 0 Å². The molecule has 0 saturated carbocycles. The van der Waals surface area contributed by atoms with Gasteiger partial charge in [0.25, 0.3) is 40.5 Å². The van der Waals surface area contributed by atoms with Crippen molar-refractivity contribution in [2.45, 2.75) is 19.6 Å². The van der Waals surface area contributed by atoms with Gasteiger partial charge in [0.1, 0.15) is 25.1 Å². The van der Waals surface area contributed by atoms with Crippen LogP contribution < -0.4 is 0 Å². The topological polar surface area (TPSA) is 312 Å². The number of rotatable bonds is 9. The third kappa shape index (κ3) is 9.75. The van der Waals surface area contributed by atoms with Crippen molar-refractivity contribution in [3.8, 4) is 44.5 Å². The molecule has 0 fully saturated rings. The van der Waals surface area contributed by atoms with Crippen molar-refractivity contribution in [1.82, 2.24) is 19.9 Å². The predicted octanol–water partition coefficient (Wildman–Crippen LogP) is 13.2. The first-order chi connectivity index (χ1) is 34.9. The van der Waals surface area contributed by atoms with E-state index in [4.69, 9.17) is 97.8 Å². The molecule has 4 aromatic carbocycles.